The Bertz CT molecular complexity index is 418. The van der Waals surface area contributed by atoms with E-state index in [1.807, 2.05) is 0 Å². The zero-order chi connectivity index (χ0) is 21.2. The van der Waals surface area contributed by atoms with Crippen molar-refractivity contribution in [2.75, 3.05) is 6.61 Å². The molecule has 0 heterocycles. The van der Waals surface area contributed by atoms with Crippen LogP contribution in [0.3, 0.4) is 0 Å². The normalized spacial score (nSPS) is 15.5. The minimum Gasteiger partial charge on any atom is -0.396 e. The molecule has 0 saturated carbocycles. The molecule has 0 spiro atoms. The summed E-state index contributed by atoms with van der Waals surface area (Å²) < 4.78 is 160. The van der Waals surface area contributed by atoms with E-state index < -0.39 is 67.8 Å². The Morgan fingerprint density at radius 1 is 0.538 bits per heavy atom. The van der Waals surface area contributed by atoms with Crippen molar-refractivity contribution in [3.05, 3.63) is 0 Å². The van der Waals surface area contributed by atoms with Crippen molar-refractivity contribution in [2.24, 2.45) is 0 Å². The highest BCUT2D eigenvalue weighted by atomic mass is 19.4. The highest BCUT2D eigenvalue weighted by Gasteiger charge is 2.89. The standard InChI is InChI=1S/C13H16F12O/c1-2-3-5-8(14,15)10(18,19)12(22,23)13(24,25)11(20,21)9(16,17)6-4-7-26/h26H,2-7H2,1H3. The minimum absolute atomic E-state index is 0.247. The molecule has 0 aromatic rings. The van der Waals surface area contributed by atoms with Gasteiger partial charge in [0.15, 0.2) is 0 Å². The van der Waals surface area contributed by atoms with E-state index in [1.165, 1.54) is 0 Å². The number of aliphatic hydroxyl groups is 1. The van der Waals surface area contributed by atoms with E-state index >= 15 is 0 Å². The van der Waals surface area contributed by atoms with Crippen molar-refractivity contribution in [1.82, 2.24) is 0 Å². The minimum atomic E-state index is -7.52. The summed E-state index contributed by atoms with van der Waals surface area (Å²) in [5, 5.41) is 8.24. The lowest BCUT2D eigenvalue weighted by Crippen LogP contribution is -2.70. The van der Waals surface area contributed by atoms with Crippen molar-refractivity contribution in [3.63, 3.8) is 0 Å². The first kappa shape index (κ1) is 25.1. The van der Waals surface area contributed by atoms with E-state index in [0.717, 1.165) is 6.92 Å². The first-order valence-electron chi connectivity index (χ1n) is 7.25. The summed E-state index contributed by atoms with van der Waals surface area (Å²) in [7, 11) is 0. The Balaban J connectivity index is 6.06. The van der Waals surface area contributed by atoms with Gasteiger partial charge < -0.3 is 5.11 Å². The number of hydrogen-bond donors (Lipinski definition) is 1. The van der Waals surface area contributed by atoms with Crippen LogP contribution in [0.15, 0.2) is 0 Å². The Kier molecular flexibility index (Phi) is 7.37. The maximum absolute atomic E-state index is 13.4. The molecule has 0 aliphatic carbocycles. The van der Waals surface area contributed by atoms with Gasteiger partial charge in [0, 0.05) is 19.4 Å². The number of unbranched alkanes of at least 4 members (excludes halogenated alkanes) is 1. The molecule has 0 radical (unpaired) electrons. The van der Waals surface area contributed by atoms with Crippen molar-refractivity contribution >= 4 is 0 Å². The van der Waals surface area contributed by atoms with Gasteiger partial charge in [-0.05, 0) is 12.8 Å². The second-order valence-corrected chi connectivity index (χ2v) is 5.64. The third-order valence-corrected chi connectivity index (χ3v) is 3.59. The van der Waals surface area contributed by atoms with E-state index in [1.54, 1.807) is 0 Å². The third-order valence-electron chi connectivity index (χ3n) is 3.59. The van der Waals surface area contributed by atoms with E-state index in [4.69, 9.17) is 5.11 Å². The summed E-state index contributed by atoms with van der Waals surface area (Å²) in [6, 6.07) is 0. The zero-order valence-electron chi connectivity index (χ0n) is 13.2. The molecule has 158 valence electrons. The van der Waals surface area contributed by atoms with Crippen LogP contribution in [0.4, 0.5) is 52.7 Å². The fourth-order valence-corrected chi connectivity index (χ4v) is 1.87. The van der Waals surface area contributed by atoms with Gasteiger partial charge in [-0.15, -0.1) is 0 Å². The van der Waals surface area contributed by atoms with Crippen LogP contribution >= 0.6 is 0 Å². The fourth-order valence-electron chi connectivity index (χ4n) is 1.87. The zero-order valence-corrected chi connectivity index (χ0v) is 13.2. The average Bonchev–Trinajstić information content (AvgIpc) is 2.49. The average molecular weight is 416 g/mol. The summed E-state index contributed by atoms with van der Waals surface area (Å²) in [4.78, 5) is 0. The lowest BCUT2D eigenvalue weighted by atomic mass is 9.88. The van der Waals surface area contributed by atoms with Crippen LogP contribution in [0, 0.1) is 0 Å². The van der Waals surface area contributed by atoms with Crippen molar-refractivity contribution < 1.29 is 57.8 Å². The second-order valence-electron chi connectivity index (χ2n) is 5.64. The molecule has 0 aliphatic heterocycles. The van der Waals surface area contributed by atoms with E-state index in [-0.39, 0.29) is 6.42 Å². The molecular weight excluding hydrogens is 400 g/mol. The van der Waals surface area contributed by atoms with Gasteiger partial charge in [-0.1, -0.05) is 13.3 Å². The molecule has 13 heteroatoms. The maximum Gasteiger partial charge on any atom is 0.384 e. The molecule has 0 fully saturated rings. The molecule has 0 aromatic heterocycles. The molecule has 0 saturated heterocycles. The van der Waals surface area contributed by atoms with Crippen molar-refractivity contribution in [2.45, 2.75) is 74.6 Å². The van der Waals surface area contributed by atoms with Gasteiger partial charge in [0.1, 0.15) is 0 Å². The lowest BCUT2D eigenvalue weighted by Gasteiger charge is -2.41. The Labute approximate surface area is 140 Å². The van der Waals surface area contributed by atoms with E-state index in [2.05, 4.69) is 0 Å². The van der Waals surface area contributed by atoms with Crippen molar-refractivity contribution in [3.8, 4) is 0 Å². The van der Waals surface area contributed by atoms with Crippen LogP contribution in [0.1, 0.15) is 39.0 Å². The number of halogens is 12. The summed E-state index contributed by atoms with van der Waals surface area (Å²) >= 11 is 0. The molecule has 0 aliphatic rings. The topological polar surface area (TPSA) is 20.2 Å². The predicted octanol–water partition coefficient (Wildman–Crippen LogP) is 5.76. The summed E-state index contributed by atoms with van der Waals surface area (Å²) in [6.45, 7) is -0.0598. The van der Waals surface area contributed by atoms with Crippen LogP contribution in [-0.4, -0.2) is 47.2 Å². The van der Waals surface area contributed by atoms with Gasteiger partial charge in [0.05, 0.1) is 0 Å². The molecule has 0 amide bonds. The van der Waals surface area contributed by atoms with Crippen LogP contribution in [-0.2, 0) is 0 Å². The fraction of sp³-hybridized carbons (Fsp3) is 1.00. The SMILES string of the molecule is CCCCC(F)(F)C(F)(F)C(F)(F)C(F)(F)C(F)(F)C(F)(F)CCCO. The van der Waals surface area contributed by atoms with Crippen LogP contribution in [0.2, 0.25) is 0 Å². The van der Waals surface area contributed by atoms with Crippen LogP contribution < -0.4 is 0 Å². The van der Waals surface area contributed by atoms with Gasteiger partial charge in [0.25, 0.3) is 0 Å². The predicted molar refractivity (Wildman–Crippen MR) is 65.5 cm³/mol. The molecule has 0 aromatic carbocycles. The number of rotatable bonds is 11. The molecule has 0 rings (SSSR count). The van der Waals surface area contributed by atoms with E-state index in [9.17, 15) is 52.7 Å². The summed E-state index contributed by atoms with van der Waals surface area (Å²) in [5.74, 6) is -41.0. The van der Waals surface area contributed by atoms with Gasteiger partial charge >= 0.3 is 35.5 Å². The van der Waals surface area contributed by atoms with Crippen LogP contribution in [0.5, 0.6) is 0 Å². The van der Waals surface area contributed by atoms with Gasteiger partial charge in [0.2, 0.25) is 0 Å². The monoisotopic (exact) mass is 416 g/mol. The lowest BCUT2D eigenvalue weighted by molar-refractivity contribution is -0.425. The third kappa shape index (κ3) is 3.86. The van der Waals surface area contributed by atoms with Crippen molar-refractivity contribution in [1.29, 1.82) is 0 Å². The first-order chi connectivity index (χ1) is 11.4. The smallest absolute Gasteiger partial charge is 0.384 e. The largest absolute Gasteiger partial charge is 0.396 e. The summed E-state index contributed by atoms with van der Waals surface area (Å²) in [5.41, 5.74) is 0. The number of alkyl halides is 12. The Hall–Kier alpha value is -0.880. The quantitative estimate of drug-likeness (QED) is 0.425. The molecule has 1 N–H and O–H groups in total. The molecule has 26 heavy (non-hydrogen) atoms. The molecule has 0 atom stereocenters. The molecular formula is C13H16F12O. The van der Waals surface area contributed by atoms with E-state index in [0.29, 0.717) is 0 Å². The molecule has 0 unspecified atom stereocenters. The van der Waals surface area contributed by atoms with Gasteiger partial charge in [-0.2, -0.15) is 52.7 Å². The maximum atomic E-state index is 13.4. The Morgan fingerprint density at radius 2 is 0.846 bits per heavy atom. The first-order valence-corrected chi connectivity index (χ1v) is 7.25. The highest BCUT2D eigenvalue weighted by molar-refractivity contribution is 5.11. The number of aliphatic hydroxyl groups excluding tert-OH is 1. The highest BCUT2D eigenvalue weighted by Crippen LogP contribution is 2.61. The summed E-state index contributed by atoms with van der Waals surface area (Å²) in [6.07, 6.45) is -6.65. The second kappa shape index (κ2) is 7.63. The Morgan fingerprint density at radius 3 is 1.12 bits per heavy atom. The van der Waals surface area contributed by atoms with Crippen LogP contribution in [0.25, 0.3) is 0 Å². The number of hydrogen-bond acceptors (Lipinski definition) is 1. The molecule has 1 nitrogen and oxygen atoms in total. The molecule has 0 bridgehead atoms. The van der Waals surface area contributed by atoms with Gasteiger partial charge in [-0.3, -0.25) is 0 Å². The van der Waals surface area contributed by atoms with Gasteiger partial charge in [-0.25, -0.2) is 0 Å².